The first-order chi connectivity index (χ1) is 14.2. The summed E-state index contributed by atoms with van der Waals surface area (Å²) in [5.41, 5.74) is 3.05. The lowest BCUT2D eigenvalue weighted by Gasteiger charge is -2.22. The average molecular weight is 412 g/mol. The van der Waals surface area contributed by atoms with Crippen molar-refractivity contribution < 1.29 is 9.59 Å². The highest BCUT2D eigenvalue weighted by Crippen LogP contribution is 2.20. The van der Waals surface area contributed by atoms with Gasteiger partial charge in [0.25, 0.3) is 0 Å². The molecule has 1 saturated heterocycles. The molecule has 0 bridgehead atoms. The largest absolute Gasteiger partial charge is 0.372 e. The molecule has 6 heteroatoms. The Labute approximate surface area is 177 Å². The number of nitrogens with one attached hydrogen (secondary N) is 2. The van der Waals surface area contributed by atoms with E-state index in [2.05, 4.69) is 39.8 Å². The molecule has 2 aromatic carbocycles. The van der Waals surface area contributed by atoms with Gasteiger partial charge in [-0.2, -0.15) is 0 Å². The van der Waals surface area contributed by atoms with E-state index in [-0.39, 0.29) is 0 Å². The van der Waals surface area contributed by atoms with E-state index in [1.165, 1.54) is 31.4 Å². The van der Waals surface area contributed by atoms with Gasteiger partial charge in [-0.05, 0) is 61.4 Å². The molecule has 1 heterocycles. The molecular formula is C23H29N3O2S. The van der Waals surface area contributed by atoms with Crippen LogP contribution in [0.2, 0.25) is 0 Å². The highest BCUT2D eigenvalue weighted by molar-refractivity contribution is 7.98. The molecule has 0 atom stereocenters. The topological polar surface area (TPSA) is 61.4 Å². The van der Waals surface area contributed by atoms with E-state index in [9.17, 15) is 9.59 Å². The second-order valence-corrected chi connectivity index (χ2v) is 8.14. The van der Waals surface area contributed by atoms with Crippen LogP contribution in [0.15, 0.2) is 53.4 Å². The van der Waals surface area contributed by atoms with Crippen molar-refractivity contribution in [2.24, 2.45) is 0 Å². The van der Waals surface area contributed by atoms with Crippen LogP contribution in [0.25, 0.3) is 0 Å². The summed E-state index contributed by atoms with van der Waals surface area (Å²) in [6.45, 7) is 2.69. The van der Waals surface area contributed by atoms with Gasteiger partial charge in [-0.25, -0.2) is 0 Å². The Morgan fingerprint density at radius 3 is 2.38 bits per heavy atom. The molecule has 1 fully saturated rings. The van der Waals surface area contributed by atoms with Crippen LogP contribution in [-0.4, -0.2) is 37.7 Å². The van der Waals surface area contributed by atoms with E-state index >= 15 is 0 Å². The predicted molar refractivity (Wildman–Crippen MR) is 121 cm³/mol. The van der Waals surface area contributed by atoms with Crippen LogP contribution < -0.4 is 15.5 Å². The van der Waals surface area contributed by atoms with Crippen LogP contribution in [-0.2, 0) is 16.0 Å². The van der Waals surface area contributed by atoms with Gasteiger partial charge in [-0.1, -0.05) is 31.0 Å². The second kappa shape index (κ2) is 10.9. The lowest BCUT2D eigenvalue weighted by Crippen LogP contribution is -2.36. The molecule has 0 aromatic heterocycles. The Balaban J connectivity index is 1.43. The van der Waals surface area contributed by atoms with Gasteiger partial charge < -0.3 is 15.5 Å². The third kappa shape index (κ3) is 6.53. The zero-order valence-corrected chi connectivity index (χ0v) is 17.8. The number of anilines is 2. The smallest absolute Gasteiger partial charge is 0.313 e. The molecule has 29 heavy (non-hydrogen) atoms. The SMILES string of the molecule is CSc1cccc(NC(=O)C(=O)NCCc2ccc(N3CCCCCC3)cc2)c1. The van der Waals surface area contributed by atoms with E-state index in [0.717, 1.165) is 23.5 Å². The molecule has 5 nitrogen and oxygen atoms in total. The third-order valence-corrected chi connectivity index (χ3v) is 5.87. The van der Waals surface area contributed by atoms with Crippen molar-refractivity contribution in [3.05, 3.63) is 54.1 Å². The minimum atomic E-state index is -0.639. The lowest BCUT2D eigenvalue weighted by atomic mass is 10.1. The number of carbonyl (C=O) groups is 2. The standard InChI is InChI=1S/C23H29N3O2S/c1-29-21-8-6-7-19(17-21)25-23(28)22(27)24-14-13-18-9-11-20(12-10-18)26-15-4-2-3-5-16-26/h6-12,17H,2-5,13-16H2,1H3,(H,24,27)(H,25,28). The average Bonchev–Trinajstić information content (AvgIpc) is 3.04. The Morgan fingerprint density at radius 1 is 0.966 bits per heavy atom. The summed E-state index contributed by atoms with van der Waals surface area (Å²) in [6.07, 6.45) is 7.83. The van der Waals surface area contributed by atoms with E-state index in [4.69, 9.17) is 0 Å². The Hall–Kier alpha value is -2.47. The molecule has 3 rings (SSSR count). The van der Waals surface area contributed by atoms with Crippen molar-refractivity contribution in [1.82, 2.24) is 5.32 Å². The quantitative estimate of drug-likeness (QED) is 0.555. The van der Waals surface area contributed by atoms with Gasteiger partial charge in [0.15, 0.2) is 0 Å². The van der Waals surface area contributed by atoms with Gasteiger partial charge in [0.05, 0.1) is 0 Å². The molecule has 154 valence electrons. The monoisotopic (exact) mass is 411 g/mol. The summed E-state index contributed by atoms with van der Waals surface area (Å²) in [6, 6.07) is 16.0. The van der Waals surface area contributed by atoms with E-state index in [0.29, 0.717) is 18.7 Å². The fraction of sp³-hybridized carbons (Fsp3) is 0.391. The van der Waals surface area contributed by atoms with Crippen molar-refractivity contribution in [1.29, 1.82) is 0 Å². The Bertz CT molecular complexity index is 815. The van der Waals surface area contributed by atoms with Crippen LogP contribution in [0.4, 0.5) is 11.4 Å². The first-order valence-electron chi connectivity index (χ1n) is 10.2. The Kier molecular flexibility index (Phi) is 7.99. The Morgan fingerprint density at radius 2 is 1.69 bits per heavy atom. The summed E-state index contributed by atoms with van der Waals surface area (Å²) in [5, 5.41) is 5.34. The number of hydrogen-bond donors (Lipinski definition) is 2. The molecule has 1 aliphatic rings. The first-order valence-corrected chi connectivity index (χ1v) is 11.5. The third-order valence-electron chi connectivity index (χ3n) is 5.14. The number of thioether (sulfide) groups is 1. The first kappa shape index (κ1) is 21.2. The van der Waals surface area contributed by atoms with E-state index in [1.54, 1.807) is 17.8 Å². The van der Waals surface area contributed by atoms with Crippen LogP contribution in [0.3, 0.4) is 0 Å². The van der Waals surface area contributed by atoms with Gasteiger partial charge in [0.2, 0.25) is 0 Å². The van der Waals surface area contributed by atoms with Gasteiger partial charge in [0.1, 0.15) is 0 Å². The molecule has 2 amide bonds. The van der Waals surface area contributed by atoms with Gasteiger partial charge >= 0.3 is 11.8 Å². The zero-order valence-electron chi connectivity index (χ0n) is 16.9. The molecule has 0 saturated carbocycles. The molecule has 0 unspecified atom stereocenters. The lowest BCUT2D eigenvalue weighted by molar-refractivity contribution is -0.136. The predicted octanol–water partition coefficient (Wildman–Crippen LogP) is 4.09. The second-order valence-electron chi connectivity index (χ2n) is 7.26. The molecule has 1 aliphatic heterocycles. The molecule has 2 aromatic rings. The molecular weight excluding hydrogens is 382 g/mol. The number of carbonyl (C=O) groups excluding carboxylic acids is 2. The highest BCUT2D eigenvalue weighted by atomic mass is 32.2. The molecule has 0 aliphatic carbocycles. The van der Waals surface area contributed by atoms with Crippen molar-refractivity contribution in [2.45, 2.75) is 37.0 Å². The van der Waals surface area contributed by atoms with Crippen LogP contribution >= 0.6 is 11.8 Å². The summed E-state index contributed by atoms with van der Waals surface area (Å²) in [5.74, 6) is -1.25. The van der Waals surface area contributed by atoms with Crippen LogP contribution in [0.1, 0.15) is 31.2 Å². The number of benzene rings is 2. The fourth-order valence-electron chi connectivity index (χ4n) is 3.49. The normalized spacial score (nSPS) is 14.2. The van der Waals surface area contributed by atoms with Gasteiger partial charge in [-0.15, -0.1) is 11.8 Å². The van der Waals surface area contributed by atoms with Gasteiger partial charge in [-0.3, -0.25) is 9.59 Å². The van der Waals surface area contributed by atoms with Crippen LogP contribution in [0.5, 0.6) is 0 Å². The summed E-state index contributed by atoms with van der Waals surface area (Å²) in [4.78, 5) is 27.6. The van der Waals surface area contributed by atoms with E-state index in [1.807, 2.05) is 24.5 Å². The zero-order chi connectivity index (χ0) is 20.5. The summed E-state index contributed by atoms with van der Waals surface area (Å²) in [7, 11) is 0. The maximum atomic E-state index is 12.1. The number of rotatable bonds is 6. The maximum absolute atomic E-state index is 12.1. The van der Waals surface area contributed by atoms with Crippen molar-refractivity contribution in [3.8, 4) is 0 Å². The minimum Gasteiger partial charge on any atom is -0.372 e. The summed E-state index contributed by atoms with van der Waals surface area (Å²) < 4.78 is 0. The molecule has 2 N–H and O–H groups in total. The molecule has 0 spiro atoms. The van der Waals surface area contributed by atoms with E-state index < -0.39 is 11.8 Å². The highest BCUT2D eigenvalue weighted by Gasteiger charge is 2.13. The fourth-order valence-corrected chi connectivity index (χ4v) is 3.95. The summed E-state index contributed by atoms with van der Waals surface area (Å²) >= 11 is 1.59. The number of nitrogens with zero attached hydrogens (tertiary/aromatic N) is 1. The van der Waals surface area contributed by atoms with Crippen molar-refractivity contribution in [2.75, 3.05) is 36.1 Å². The van der Waals surface area contributed by atoms with Crippen molar-refractivity contribution >= 4 is 35.0 Å². The number of amides is 2. The minimum absolute atomic E-state index is 0.431. The van der Waals surface area contributed by atoms with Gasteiger partial charge in [0, 0.05) is 35.9 Å². The van der Waals surface area contributed by atoms with Crippen molar-refractivity contribution in [3.63, 3.8) is 0 Å². The maximum Gasteiger partial charge on any atom is 0.313 e. The molecule has 0 radical (unpaired) electrons. The number of hydrogen-bond acceptors (Lipinski definition) is 4. The van der Waals surface area contributed by atoms with Crippen LogP contribution in [0, 0.1) is 0 Å².